The smallest absolute Gasteiger partial charge is 0.228 e. The molecule has 3 aromatic carbocycles. The molecule has 1 amide bonds. The molecule has 1 fully saturated rings. The number of hydrogen-bond acceptors (Lipinski definition) is 7. The van der Waals surface area contributed by atoms with Gasteiger partial charge in [-0.1, -0.05) is 42.5 Å². The SMILES string of the molecule is COc1ccc([C@@]23Oc4cc(OC)cc(OC)c4[C@]2(O)[C@H](O)[C@H](C(=O)N(C)C)C3c2ccccc2)cc1. The molecule has 1 unspecified atom stereocenters. The van der Waals surface area contributed by atoms with Gasteiger partial charge in [-0.3, -0.25) is 4.79 Å². The topological polar surface area (TPSA) is 97.7 Å². The Morgan fingerprint density at radius 2 is 1.57 bits per heavy atom. The van der Waals surface area contributed by atoms with Crippen LogP contribution < -0.4 is 18.9 Å². The number of rotatable bonds is 6. The van der Waals surface area contributed by atoms with Crippen molar-refractivity contribution in [3.63, 3.8) is 0 Å². The lowest BCUT2D eigenvalue weighted by Gasteiger charge is -2.41. The second-order valence-electron chi connectivity index (χ2n) is 9.63. The number of carbonyl (C=O) groups is 1. The third kappa shape index (κ3) is 3.32. The molecule has 1 aliphatic carbocycles. The summed E-state index contributed by atoms with van der Waals surface area (Å²) in [6.45, 7) is 0. The van der Waals surface area contributed by atoms with Gasteiger partial charge in [0.1, 0.15) is 29.1 Å². The van der Waals surface area contributed by atoms with Gasteiger partial charge in [0, 0.05) is 32.1 Å². The van der Waals surface area contributed by atoms with Gasteiger partial charge in [0.15, 0.2) is 11.2 Å². The number of nitrogens with zero attached hydrogens (tertiary/aromatic N) is 1. The van der Waals surface area contributed by atoms with E-state index in [9.17, 15) is 15.0 Å². The summed E-state index contributed by atoms with van der Waals surface area (Å²) in [5.74, 6) is -0.426. The molecule has 2 N–H and O–H groups in total. The Morgan fingerprint density at radius 1 is 0.919 bits per heavy atom. The van der Waals surface area contributed by atoms with Crippen LogP contribution in [0.3, 0.4) is 0 Å². The second-order valence-corrected chi connectivity index (χ2v) is 9.63. The maximum Gasteiger partial charge on any atom is 0.228 e. The zero-order chi connectivity index (χ0) is 26.5. The molecular formula is C29H31NO7. The first kappa shape index (κ1) is 24.9. The quantitative estimate of drug-likeness (QED) is 0.532. The van der Waals surface area contributed by atoms with E-state index in [1.54, 1.807) is 57.6 Å². The summed E-state index contributed by atoms with van der Waals surface area (Å²) in [5.41, 5.74) is -2.04. The Balaban J connectivity index is 1.88. The van der Waals surface area contributed by atoms with Crippen LogP contribution in [0.2, 0.25) is 0 Å². The van der Waals surface area contributed by atoms with Gasteiger partial charge < -0.3 is 34.1 Å². The third-order valence-electron chi connectivity index (χ3n) is 7.68. The molecule has 5 atom stereocenters. The average molecular weight is 506 g/mol. The molecule has 0 spiro atoms. The van der Waals surface area contributed by atoms with Crippen LogP contribution in [0.4, 0.5) is 0 Å². The number of carbonyl (C=O) groups excluding carboxylic acids is 1. The normalized spacial score (nSPS) is 27.6. The molecule has 0 aromatic heterocycles. The number of amides is 1. The predicted molar refractivity (Wildman–Crippen MR) is 136 cm³/mol. The fourth-order valence-electron chi connectivity index (χ4n) is 6.08. The number of hydrogen-bond donors (Lipinski definition) is 2. The fourth-order valence-corrected chi connectivity index (χ4v) is 6.08. The van der Waals surface area contributed by atoms with Crippen molar-refractivity contribution in [1.82, 2.24) is 4.90 Å². The van der Waals surface area contributed by atoms with Gasteiger partial charge in [-0.05, 0) is 23.3 Å². The first-order valence-corrected chi connectivity index (χ1v) is 12.0. The van der Waals surface area contributed by atoms with Crippen LogP contribution in [0.15, 0.2) is 66.7 Å². The molecule has 37 heavy (non-hydrogen) atoms. The Hall–Kier alpha value is -3.75. The zero-order valence-corrected chi connectivity index (χ0v) is 21.5. The molecule has 1 aliphatic heterocycles. The molecule has 5 rings (SSSR count). The molecule has 0 saturated heterocycles. The van der Waals surface area contributed by atoms with Crippen LogP contribution in [0, 0.1) is 5.92 Å². The summed E-state index contributed by atoms with van der Waals surface area (Å²) in [5, 5.41) is 24.8. The first-order valence-electron chi connectivity index (χ1n) is 12.0. The number of methoxy groups -OCH3 is 3. The predicted octanol–water partition coefficient (Wildman–Crippen LogP) is 3.05. The van der Waals surface area contributed by atoms with E-state index >= 15 is 0 Å². The minimum absolute atomic E-state index is 0.272. The van der Waals surface area contributed by atoms with Gasteiger partial charge in [-0.15, -0.1) is 0 Å². The molecule has 8 heteroatoms. The molecule has 3 aromatic rings. The summed E-state index contributed by atoms with van der Waals surface area (Å²) in [6.07, 6.45) is -1.53. The highest BCUT2D eigenvalue weighted by Gasteiger charge is 2.78. The molecule has 8 nitrogen and oxygen atoms in total. The molecule has 0 radical (unpaired) electrons. The van der Waals surface area contributed by atoms with Crippen LogP contribution in [0.1, 0.15) is 22.6 Å². The first-order chi connectivity index (χ1) is 17.7. The lowest BCUT2D eigenvalue weighted by molar-refractivity contribution is -0.156. The summed E-state index contributed by atoms with van der Waals surface area (Å²) < 4.78 is 23.3. The summed E-state index contributed by atoms with van der Waals surface area (Å²) in [4.78, 5) is 15.1. The Bertz CT molecular complexity index is 1310. The number of fused-ring (bicyclic) bond motifs is 3. The van der Waals surface area contributed by atoms with Crippen LogP contribution >= 0.6 is 0 Å². The number of aliphatic hydroxyl groups excluding tert-OH is 1. The number of aliphatic hydroxyl groups is 2. The third-order valence-corrected chi connectivity index (χ3v) is 7.68. The van der Waals surface area contributed by atoms with Crippen molar-refractivity contribution < 1.29 is 34.0 Å². The van der Waals surface area contributed by atoms with Crippen molar-refractivity contribution in [2.45, 2.75) is 23.2 Å². The van der Waals surface area contributed by atoms with E-state index in [0.717, 1.165) is 5.56 Å². The fraction of sp³-hybridized carbons (Fsp3) is 0.345. The van der Waals surface area contributed by atoms with Crippen molar-refractivity contribution in [3.05, 3.63) is 83.4 Å². The van der Waals surface area contributed by atoms with Crippen LogP contribution in [-0.4, -0.2) is 62.5 Å². The van der Waals surface area contributed by atoms with Crippen LogP contribution in [0.25, 0.3) is 0 Å². The minimum atomic E-state index is -2.05. The average Bonchev–Trinajstić information content (AvgIpc) is 3.30. The van der Waals surface area contributed by atoms with Gasteiger partial charge in [0.2, 0.25) is 5.91 Å². The summed E-state index contributed by atoms with van der Waals surface area (Å²) >= 11 is 0. The van der Waals surface area contributed by atoms with Crippen LogP contribution in [0.5, 0.6) is 23.0 Å². The van der Waals surface area contributed by atoms with Crippen molar-refractivity contribution in [2.75, 3.05) is 35.4 Å². The van der Waals surface area contributed by atoms with Crippen molar-refractivity contribution in [1.29, 1.82) is 0 Å². The van der Waals surface area contributed by atoms with Crippen LogP contribution in [-0.2, 0) is 16.0 Å². The van der Waals surface area contributed by atoms with E-state index in [2.05, 4.69) is 0 Å². The van der Waals surface area contributed by atoms with Crippen molar-refractivity contribution in [3.8, 4) is 23.0 Å². The lowest BCUT2D eigenvalue weighted by atomic mass is 9.70. The maximum absolute atomic E-state index is 13.7. The van der Waals surface area contributed by atoms with Gasteiger partial charge in [-0.2, -0.15) is 0 Å². The highest BCUT2D eigenvalue weighted by molar-refractivity contribution is 5.83. The van der Waals surface area contributed by atoms with Gasteiger partial charge >= 0.3 is 0 Å². The van der Waals surface area contributed by atoms with E-state index in [0.29, 0.717) is 22.8 Å². The second kappa shape index (κ2) is 8.97. The van der Waals surface area contributed by atoms with E-state index in [1.165, 1.54) is 19.1 Å². The van der Waals surface area contributed by atoms with Gasteiger partial charge in [0.05, 0.1) is 32.8 Å². The highest BCUT2D eigenvalue weighted by Crippen LogP contribution is 2.70. The highest BCUT2D eigenvalue weighted by atomic mass is 16.5. The molecule has 2 aliphatic rings. The number of benzene rings is 3. The zero-order valence-electron chi connectivity index (χ0n) is 21.5. The van der Waals surface area contributed by atoms with E-state index < -0.39 is 29.1 Å². The molecule has 1 saturated carbocycles. The number of ether oxygens (including phenoxy) is 4. The maximum atomic E-state index is 13.7. The van der Waals surface area contributed by atoms with Crippen molar-refractivity contribution in [2.24, 2.45) is 5.92 Å². The lowest BCUT2D eigenvalue weighted by Crippen LogP contribution is -2.52. The largest absolute Gasteiger partial charge is 0.497 e. The molecular weight excluding hydrogens is 474 g/mol. The standard InChI is InChI=1S/C29H31NO7/c1-30(2)27(32)23-24(17-9-7-6-8-10-17)29(18-11-13-19(34-3)14-12-18)28(33,26(23)31)25-21(36-5)15-20(35-4)16-22(25)37-29/h6-16,23-24,26,31,33H,1-5H3/t23-,24?,26-,28+,29+/m1/s1. The Labute approximate surface area is 216 Å². The van der Waals surface area contributed by atoms with E-state index in [4.69, 9.17) is 18.9 Å². The molecule has 194 valence electrons. The molecule has 1 heterocycles. The summed E-state index contributed by atoms with van der Waals surface area (Å²) in [6, 6.07) is 19.8. The van der Waals surface area contributed by atoms with Gasteiger partial charge in [-0.25, -0.2) is 0 Å². The Kier molecular flexibility index (Phi) is 6.04. The molecule has 0 bridgehead atoms. The monoisotopic (exact) mass is 505 g/mol. The van der Waals surface area contributed by atoms with E-state index in [1.807, 2.05) is 30.3 Å². The summed E-state index contributed by atoms with van der Waals surface area (Å²) in [7, 11) is 7.84. The van der Waals surface area contributed by atoms with E-state index in [-0.39, 0.29) is 17.2 Å². The minimum Gasteiger partial charge on any atom is -0.497 e. The van der Waals surface area contributed by atoms with Crippen molar-refractivity contribution >= 4 is 5.91 Å². The van der Waals surface area contributed by atoms with Gasteiger partial charge in [0.25, 0.3) is 0 Å². The Morgan fingerprint density at radius 3 is 2.14 bits per heavy atom.